The molecule has 0 unspecified atom stereocenters. The number of nitrogens with two attached hydrogens (primary N) is 1. The van der Waals surface area contributed by atoms with Crippen LogP contribution in [0.1, 0.15) is 5.56 Å². The maximum Gasteiger partial charge on any atom is 0.212 e. The molecule has 11 heavy (non-hydrogen) atoms. The summed E-state index contributed by atoms with van der Waals surface area (Å²) >= 11 is 0. The Morgan fingerprint density at radius 3 is 2.91 bits per heavy atom. The van der Waals surface area contributed by atoms with E-state index in [2.05, 4.69) is 9.82 Å². The van der Waals surface area contributed by atoms with Crippen molar-refractivity contribution >= 4 is 0 Å². The normalized spacial score (nSPS) is 10.0. The zero-order chi connectivity index (χ0) is 8.10. The SMILES string of the molecule is NOCCc1ccc(F)nc1. The summed E-state index contributed by atoms with van der Waals surface area (Å²) in [5.41, 5.74) is 0.914. The van der Waals surface area contributed by atoms with Crippen molar-refractivity contribution in [3.8, 4) is 0 Å². The summed E-state index contributed by atoms with van der Waals surface area (Å²) in [6, 6.07) is 2.97. The van der Waals surface area contributed by atoms with Gasteiger partial charge in [0.1, 0.15) is 0 Å². The zero-order valence-corrected chi connectivity index (χ0v) is 5.96. The highest BCUT2D eigenvalue weighted by atomic mass is 19.1. The first-order valence-corrected chi connectivity index (χ1v) is 3.25. The Balaban J connectivity index is 2.52. The predicted octanol–water partition coefficient (Wildman–Crippen LogP) is 0.653. The Morgan fingerprint density at radius 2 is 2.36 bits per heavy atom. The van der Waals surface area contributed by atoms with Crippen LogP contribution in [0.3, 0.4) is 0 Å². The maximum atomic E-state index is 12.2. The van der Waals surface area contributed by atoms with Crippen molar-refractivity contribution in [1.29, 1.82) is 0 Å². The van der Waals surface area contributed by atoms with Gasteiger partial charge in [-0.3, -0.25) is 0 Å². The summed E-state index contributed by atoms with van der Waals surface area (Å²) in [5, 5.41) is 0. The molecule has 1 rings (SSSR count). The number of aromatic nitrogens is 1. The highest BCUT2D eigenvalue weighted by Gasteiger charge is 1.93. The lowest BCUT2D eigenvalue weighted by Gasteiger charge is -1.97. The Kier molecular flexibility index (Phi) is 2.95. The number of hydrogen-bond acceptors (Lipinski definition) is 3. The summed E-state index contributed by atoms with van der Waals surface area (Å²) in [6.07, 6.45) is 2.12. The van der Waals surface area contributed by atoms with Gasteiger partial charge in [-0.15, -0.1) is 0 Å². The molecule has 0 saturated carbocycles. The van der Waals surface area contributed by atoms with Crippen molar-refractivity contribution in [1.82, 2.24) is 4.98 Å². The van der Waals surface area contributed by atoms with E-state index in [4.69, 9.17) is 5.90 Å². The molecule has 0 aromatic carbocycles. The molecule has 3 nitrogen and oxygen atoms in total. The molecule has 0 aliphatic carbocycles. The second-order valence-electron chi connectivity index (χ2n) is 2.11. The fourth-order valence-electron chi connectivity index (χ4n) is 0.731. The molecule has 0 aliphatic heterocycles. The molecule has 1 aromatic heterocycles. The zero-order valence-electron chi connectivity index (χ0n) is 5.96. The number of nitrogens with zero attached hydrogens (tertiary/aromatic N) is 1. The van der Waals surface area contributed by atoms with Crippen LogP contribution in [0.15, 0.2) is 18.3 Å². The number of halogens is 1. The van der Waals surface area contributed by atoms with Crippen molar-refractivity contribution in [3.63, 3.8) is 0 Å². The van der Waals surface area contributed by atoms with Crippen molar-refractivity contribution in [2.24, 2.45) is 5.90 Å². The lowest BCUT2D eigenvalue weighted by molar-refractivity contribution is 0.141. The summed E-state index contributed by atoms with van der Waals surface area (Å²) in [6.45, 7) is 0.424. The van der Waals surface area contributed by atoms with Crippen LogP contribution >= 0.6 is 0 Å². The Hall–Kier alpha value is -1.00. The average Bonchev–Trinajstić information content (AvgIpc) is 2.04. The van der Waals surface area contributed by atoms with Crippen molar-refractivity contribution in [2.75, 3.05) is 6.61 Å². The van der Waals surface area contributed by atoms with E-state index < -0.39 is 5.95 Å². The Bertz CT molecular complexity index is 212. The standard InChI is InChI=1S/C7H9FN2O/c8-7-2-1-6(5-10-7)3-4-11-9/h1-2,5H,3-4,9H2. The molecule has 60 valence electrons. The van der Waals surface area contributed by atoms with Gasteiger partial charge in [-0.2, -0.15) is 4.39 Å². The molecule has 1 heterocycles. The molecule has 0 fully saturated rings. The maximum absolute atomic E-state index is 12.2. The van der Waals surface area contributed by atoms with E-state index in [1.165, 1.54) is 12.3 Å². The first-order chi connectivity index (χ1) is 5.33. The molecule has 0 radical (unpaired) electrons. The molecule has 0 bridgehead atoms. The second kappa shape index (κ2) is 4.00. The minimum atomic E-state index is -0.470. The second-order valence-corrected chi connectivity index (χ2v) is 2.11. The first kappa shape index (κ1) is 8.10. The van der Waals surface area contributed by atoms with Crippen LogP contribution in [0.2, 0.25) is 0 Å². The quantitative estimate of drug-likeness (QED) is 0.516. The van der Waals surface area contributed by atoms with Crippen LogP contribution in [0.25, 0.3) is 0 Å². The average molecular weight is 156 g/mol. The molecule has 0 spiro atoms. The fourth-order valence-corrected chi connectivity index (χ4v) is 0.731. The van der Waals surface area contributed by atoms with E-state index in [0.29, 0.717) is 13.0 Å². The number of pyridine rings is 1. The Labute approximate surface area is 64.0 Å². The smallest absolute Gasteiger partial charge is 0.212 e. The van der Waals surface area contributed by atoms with E-state index in [-0.39, 0.29) is 0 Å². The van der Waals surface area contributed by atoms with Crippen molar-refractivity contribution in [3.05, 3.63) is 29.8 Å². The van der Waals surface area contributed by atoms with Crippen LogP contribution in [-0.2, 0) is 11.3 Å². The van der Waals surface area contributed by atoms with Crippen LogP contribution < -0.4 is 5.90 Å². The lowest BCUT2D eigenvalue weighted by atomic mass is 10.2. The van der Waals surface area contributed by atoms with Crippen LogP contribution in [0.5, 0.6) is 0 Å². The molecule has 0 atom stereocenters. The van der Waals surface area contributed by atoms with Crippen LogP contribution in [0, 0.1) is 5.95 Å². The summed E-state index contributed by atoms with van der Waals surface area (Å²) in [4.78, 5) is 7.82. The van der Waals surface area contributed by atoms with Crippen molar-refractivity contribution < 1.29 is 9.23 Å². The number of hydrogen-bond donors (Lipinski definition) is 1. The third-order valence-electron chi connectivity index (χ3n) is 1.30. The molecule has 4 heteroatoms. The molecule has 0 amide bonds. The fraction of sp³-hybridized carbons (Fsp3) is 0.286. The molecule has 2 N–H and O–H groups in total. The molecular weight excluding hydrogens is 147 g/mol. The van der Waals surface area contributed by atoms with Crippen LogP contribution in [-0.4, -0.2) is 11.6 Å². The van der Waals surface area contributed by atoms with Gasteiger partial charge in [-0.1, -0.05) is 6.07 Å². The van der Waals surface area contributed by atoms with Gasteiger partial charge < -0.3 is 4.84 Å². The topological polar surface area (TPSA) is 48.1 Å². The predicted molar refractivity (Wildman–Crippen MR) is 38.0 cm³/mol. The minimum absolute atomic E-state index is 0.424. The third kappa shape index (κ3) is 2.61. The summed E-state index contributed by atoms with van der Waals surface area (Å²) in [5.74, 6) is 4.34. The Morgan fingerprint density at radius 1 is 1.55 bits per heavy atom. The van der Waals surface area contributed by atoms with Gasteiger partial charge >= 0.3 is 0 Å². The van der Waals surface area contributed by atoms with Gasteiger partial charge in [-0.05, 0) is 18.1 Å². The summed E-state index contributed by atoms with van der Waals surface area (Å²) in [7, 11) is 0. The van der Waals surface area contributed by atoms with Crippen LogP contribution in [0.4, 0.5) is 4.39 Å². The highest BCUT2D eigenvalue weighted by Crippen LogP contribution is 1.99. The molecule has 1 aromatic rings. The van der Waals surface area contributed by atoms with Gasteiger partial charge in [0.25, 0.3) is 0 Å². The van der Waals surface area contributed by atoms with E-state index in [0.717, 1.165) is 5.56 Å². The van der Waals surface area contributed by atoms with E-state index in [1.54, 1.807) is 6.07 Å². The molecular formula is C7H9FN2O. The van der Waals surface area contributed by atoms with Gasteiger partial charge in [0.2, 0.25) is 5.95 Å². The van der Waals surface area contributed by atoms with Crippen molar-refractivity contribution in [2.45, 2.75) is 6.42 Å². The third-order valence-corrected chi connectivity index (χ3v) is 1.30. The molecule has 0 saturated heterocycles. The van der Waals surface area contributed by atoms with Gasteiger partial charge in [0, 0.05) is 6.20 Å². The minimum Gasteiger partial charge on any atom is -0.304 e. The number of rotatable bonds is 3. The monoisotopic (exact) mass is 156 g/mol. The van der Waals surface area contributed by atoms with Gasteiger partial charge in [0.15, 0.2) is 0 Å². The van der Waals surface area contributed by atoms with Gasteiger partial charge in [0.05, 0.1) is 6.61 Å². The lowest BCUT2D eigenvalue weighted by Crippen LogP contribution is -2.03. The summed E-state index contributed by atoms with van der Waals surface area (Å²) < 4.78 is 12.2. The van der Waals surface area contributed by atoms with E-state index in [1.807, 2.05) is 0 Å². The van der Waals surface area contributed by atoms with Gasteiger partial charge in [-0.25, -0.2) is 10.9 Å². The van der Waals surface area contributed by atoms with E-state index >= 15 is 0 Å². The molecule has 0 aliphatic rings. The van der Waals surface area contributed by atoms with E-state index in [9.17, 15) is 4.39 Å². The largest absolute Gasteiger partial charge is 0.304 e. The first-order valence-electron chi connectivity index (χ1n) is 3.25. The highest BCUT2D eigenvalue weighted by molar-refractivity contribution is 5.09.